The van der Waals surface area contributed by atoms with Crippen molar-refractivity contribution in [3.63, 3.8) is 0 Å². The summed E-state index contributed by atoms with van der Waals surface area (Å²) < 4.78 is 11.9. The number of methoxy groups -OCH3 is 1. The van der Waals surface area contributed by atoms with Gasteiger partial charge >= 0.3 is 0 Å². The molecule has 1 spiro atoms. The molecule has 2 aliphatic carbocycles. The third kappa shape index (κ3) is 1.75. The van der Waals surface area contributed by atoms with Gasteiger partial charge < -0.3 is 9.47 Å². The Bertz CT molecular complexity index is 816. The van der Waals surface area contributed by atoms with Crippen molar-refractivity contribution < 1.29 is 14.3 Å². The van der Waals surface area contributed by atoms with Gasteiger partial charge in [-0.2, -0.15) is 0 Å². The largest absolute Gasteiger partial charge is 0.497 e. The van der Waals surface area contributed by atoms with Crippen LogP contribution in [-0.4, -0.2) is 18.5 Å². The van der Waals surface area contributed by atoms with Crippen molar-refractivity contribution in [2.75, 3.05) is 7.11 Å². The number of benzene rings is 1. The lowest BCUT2D eigenvalue weighted by Gasteiger charge is -2.51. The van der Waals surface area contributed by atoms with Crippen LogP contribution in [0.1, 0.15) is 32.3 Å². The zero-order valence-electron chi connectivity index (χ0n) is 14.4. The Morgan fingerprint density at radius 1 is 1.42 bits per heavy atom. The van der Waals surface area contributed by atoms with Crippen molar-refractivity contribution in [2.24, 2.45) is 11.3 Å². The van der Waals surface area contributed by atoms with Gasteiger partial charge in [-0.15, -0.1) is 0 Å². The van der Waals surface area contributed by atoms with E-state index in [1.165, 1.54) is 0 Å². The van der Waals surface area contributed by atoms with Gasteiger partial charge in [0.1, 0.15) is 17.1 Å². The molecule has 1 aliphatic heterocycles. The van der Waals surface area contributed by atoms with Crippen LogP contribution in [0.3, 0.4) is 0 Å². The average Bonchev–Trinajstić information content (AvgIpc) is 2.85. The third-order valence-electron chi connectivity index (χ3n) is 5.98. The average molecular weight is 322 g/mol. The molecule has 1 aromatic rings. The van der Waals surface area contributed by atoms with Crippen molar-refractivity contribution in [3.05, 3.63) is 54.1 Å². The molecule has 1 unspecified atom stereocenters. The first-order valence-electron chi connectivity index (χ1n) is 8.39. The number of hydrogen-bond acceptors (Lipinski definition) is 3. The van der Waals surface area contributed by atoms with Crippen molar-refractivity contribution in [2.45, 2.75) is 32.3 Å². The molecular formula is C21H22O3. The van der Waals surface area contributed by atoms with Gasteiger partial charge in [-0.1, -0.05) is 18.2 Å². The van der Waals surface area contributed by atoms with Gasteiger partial charge in [0.05, 0.1) is 12.5 Å². The Kier molecular flexibility index (Phi) is 3.08. The van der Waals surface area contributed by atoms with Gasteiger partial charge in [0.2, 0.25) is 0 Å². The predicted molar refractivity (Wildman–Crippen MR) is 94.1 cm³/mol. The number of allylic oxidation sites excluding steroid dienone is 3. The zero-order valence-corrected chi connectivity index (χ0v) is 14.4. The second-order valence-corrected chi connectivity index (χ2v) is 7.30. The minimum Gasteiger partial charge on any atom is -0.497 e. The Balaban J connectivity index is 2.02. The van der Waals surface area contributed by atoms with E-state index in [-0.39, 0.29) is 22.7 Å². The highest BCUT2D eigenvalue weighted by atomic mass is 16.5. The van der Waals surface area contributed by atoms with Crippen LogP contribution in [0.4, 0.5) is 0 Å². The molecule has 0 radical (unpaired) electrons. The minimum absolute atomic E-state index is 0.0287. The fourth-order valence-corrected chi connectivity index (χ4v) is 4.85. The van der Waals surface area contributed by atoms with Crippen LogP contribution < -0.4 is 9.47 Å². The first-order chi connectivity index (χ1) is 11.4. The second-order valence-electron chi connectivity index (χ2n) is 7.30. The summed E-state index contributed by atoms with van der Waals surface area (Å²) in [6, 6.07) is 5.82. The van der Waals surface area contributed by atoms with Crippen LogP contribution in [0.5, 0.6) is 11.5 Å². The maximum atomic E-state index is 12.2. The van der Waals surface area contributed by atoms with Gasteiger partial charge in [-0.05, 0) is 68.5 Å². The van der Waals surface area contributed by atoms with Crippen molar-refractivity contribution in [1.82, 2.24) is 0 Å². The molecule has 24 heavy (non-hydrogen) atoms. The summed E-state index contributed by atoms with van der Waals surface area (Å²) in [5.41, 5.74) is 2.42. The van der Waals surface area contributed by atoms with Crippen LogP contribution in [0.15, 0.2) is 48.6 Å². The van der Waals surface area contributed by atoms with E-state index in [9.17, 15) is 4.79 Å². The summed E-state index contributed by atoms with van der Waals surface area (Å²) in [5, 5.41) is 0. The van der Waals surface area contributed by atoms with Crippen LogP contribution >= 0.6 is 0 Å². The highest BCUT2D eigenvalue weighted by Crippen LogP contribution is 2.66. The molecule has 0 N–H and O–H groups in total. The quantitative estimate of drug-likeness (QED) is 0.760. The number of rotatable bonds is 2. The molecule has 1 saturated carbocycles. The number of carbonyl (C=O) groups is 1. The molecule has 1 aromatic carbocycles. The maximum absolute atomic E-state index is 12.2. The molecule has 3 heteroatoms. The van der Waals surface area contributed by atoms with Gasteiger partial charge in [-0.25, -0.2) is 0 Å². The summed E-state index contributed by atoms with van der Waals surface area (Å²) in [5.74, 6) is 1.88. The minimum atomic E-state index is -0.374. The number of ether oxygens (including phenoxy) is 2. The molecule has 0 saturated heterocycles. The molecule has 4 rings (SSSR count). The molecule has 3 atom stereocenters. The highest BCUT2D eigenvalue weighted by Gasteiger charge is 2.63. The summed E-state index contributed by atoms with van der Waals surface area (Å²) in [4.78, 5) is 12.2. The lowest BCUT2D eigenvalue weighted by molar-refractivity contribution is -0.110. The number of hydrogen-bond donors (Lipinski definition) is 0. The zero-order chi connectivity index (χ0) is 17.1. The summed E-state index contributed by atoms with van der Waals surface area (Å²) in [7, 11) is 1.65. The molecule has 0 bridgehead atoms. The monoisotopic (exact) mass is 322 g/mol. The van der Waals surface area contributed by atoms with E-state index in [2.05, 4.69) is 26.5 Å². The third-order valence-corrected chi connectivity index (χ3v) is 5.98. The molecule has 3 aliphatic rings. The first kappa shape index (κ1) is 15.3. The molecular weight excluding hydrogens is 300 g/mol. The van der Waals surface area contributed by atoms with E-state index in [1.807, 2.05) is 18.2 Å². The molecule has 0 amide bonds. The molecule has 124 valence electrons. The van der Waals surface area contributed by atoms with E-state index in [0.717, 1.165) is 41.1 Å². The smallest absolute Gasteiger partial charge is 0.178 e. The van der Waals surface area contributed by atoms with Crippen molar-refractivity contribution in [1.29, 1.82) is 0 Å². The Morgan fingerprint density at radius 3 is 2.92 bits per heavy atom. The predicted octanol–water partition coefficient (Wildman–Crippen LogP) is 4.34. The van der Waals surface area contributed by atoms with Gasteiger partial charge in [0, 0.05) is 5.56 Å². The summed E-state index contributed by atoms with van der Waals surface area (Å²) >= 11 is 0. The molecule has 1 heterocycles. The van der Waals surface area contributed by atoms with Crippen LogP contribution in [0.2, 0.25) is 0 Å². The number of fused-ring (bicyclic) bond motifs is 2. The van der Waals surface area contributed by atoms with E-state index in [0.29, 0.717) is 0 Å². The highest BCUT2D eigenvalue weighted by molar-refractivity contribution is 6.08. The number of carbonyl (C=O) groups excluding carboxylic acids is 1. The Hall–Kier alpha value is -2.29. The molecule has 1 fully saturated rings. The van der Waals surface area contributed by atoms with Crippen LogP contribution in [0.25, 0.3) is 5.57 Å². The number of ketones is 1. The summed E-state index contributed by atoms with van der Waals surface area (Å²) in [6.07, 6.45) is 7.48. The molecule has 3 nitrogen and oxygen atoms in total. The lowest BCUT2D eigenvalue weighted by Crippen LogP contribution is -2.52. The first-order valence-corrected chi connectivity index (χ1v) is 8.39. The van der Waals surface area contributed by atoms with E-state index in [4.69, 9.17) is 9.47 Å². The fraction of sp³-hybridized carbons (Fsp3) is 0.381. The Morgan fingerprint density at radius 2 is 2.21 bits per heavy atom. The van der Waals surface area contributed by atoms with Crippen molar-refractivity contribution in [3.8, 4) is 11.5 Å². The fourth-order valence-electron chi connectivity index (χ4n) is 4.85. The normalized spacial score (nSPS) is 33.0. The van der Waals surface area contributed by atoms with E-state index < -0.39 is 0 Å². The standard InChI is InChI=1S/C21H22O3/c1-13(2)17-8-9-20(3)21(17)10-7-14(22)11-18(21)16-12-15(23-4)5-6-19(16)24-20/h5-7,10-12,17H,1,8-9H2,2-4H3/t17-,20?,21+/m1/s1. The van der Waals surface area contributed by atoms with Gasteiger partial charge in [-0.3, -0.25) is 4.79 Å². The van der Waals surface area contributed by atoms with E-state index in [1.54, 1.807) is 19.3 Å². The Labute approximate surface area is 142 Å². The van der Waals surface area contributed by atoms with E-state index >= 15 is 0 Å². The summed E-state index contributed by atoms with van der Waals surface area (Å²) in [6.45, 7) is 8.47. The molecule has 0 aromatic heterocycles. The maximum Gasteiger partial charge on any atom is 0.178 e. The van der Waals surface area contributed by atoms with Crippen molar-refractivity contribution >= 4 is 11.4 Å². The topological polar surface area (TPSA) is 35.5 Å². The van der Waals surface area contributed by atoms with Gasteiger partial charge in [0.25, 0.3) is 0 Å². The van der Waals surface area contributed by atoms with Crippen LogP contribution in [0, 0.1) is 11.3 Å². The lowest BCUT2D eigenvalue weighted by atomic mass is 9.58. The van der Waals surface area contributed by atoms with Gasteiger partial charge in [0.15, 0.2) is 5.78 Å². The van der Waals surface area contributed by atoms with Crippen LogP contribution in [-0.2, 0) is 4.79 Å². The second kappa shape index (κ2) is 4.85. The SMILES string of the molecule is C=C(C)[C@H]1CCC2(C)Oc3ccc(OC)cc3C3=CC(=O)C=C[C@@]312.